The Labute approximate surface area is 172 Å². The van der Waals surface area contributed by atoms with Gasteiger partial charge in [0.05, 0.1) is 18.5 Å². The van der Waals surface area contributed by atoms with Crippen LogP contribution in [0.4, 0.5) is 10.1 Å². The first-order valence-electron chi connectivity index (χ1n) is 8.38. The van der Waals surface area contributed by atoms with Crippen LogP contribution in [0.2, 0.25) is 0 Å². The zero-order valence-corrected chi connectivity index (χ0v) is 18.3. The van der Waals surface area contributed by atoms with Crippen LogP contribution >= 0.6 is 24.0 Å². The minimum Gasteiger partial charge on any atom is -0.366 e. The lowest BCUT2D eigenvalue weighted by Crippen LogP contribution is -2.52. The third kappa shape index (κ3) is 7.23. The van der Waals surface area contributed by atoms with Crippen molar-refractivity contribution in [3.05, 3.63) is 30.1 Å². The van der Waals surface area contributed by atoms with Crippen molar-refractivity contribution in [2.45, 2.75) is 6.92 Å². The number of anilines is 1. The fourth-order valence-corrected chi connectivity index (χ4v) is 3.15. The van der Waals surface area contributed by atoms with Crippen molar-refractivity contribution < 1.29 is 12.8 Å². The van der Waals surface area contributed by atoms with Crippen molar-refractivity contribution in [3.63, 3.8) is 0 Å². The molecule has 7 nitrogen and oxygen atoms in total. The van der Waals surface area contributed by atoms with Gasteiger partial charge in [0.15, 0.2) is 5.96 Å². The van der Waals surface area contributed by atoms with Crippen molar-refractivity contribution in [1.82, 2.24) is 14.9 Å². The van der Waals surface area contributed by atoms with Crippen molar-refractivity contribution >= 4 is 45.6 Å². The molecule has 1 aliphatic rings. The number of para-hydroxylation sites is 1. The predicted octanol–water partition coefficient (Wildman–Crippen LogP) is 1.08. The van der Waals surface area contributed by atoms with Gasteiger partial charge < -0.3 is 15.1 Å². The fourth-order valence-electron chi connectivity index (χ4n) is 2.69. The molecule has 0 aromatic heterocycles. The van der Waals surface area contributed by atoms with E-state index < -0.39 is 10.0 Å². The maximum Gasteiger partial charge on any atom is 0.208 e. The normalized spacial score (nSPS) is 15.6. The summed E-state index contributed by atoms with van der Waals surface area (Å²) in [5.41, 5.74) is 0.626. The Morgan fingerprint density at radius 3 is 2.46 bits per heavy atom. The number of benzene rings is 1. The van der Waals surface area contributed by atoms with Gasteiger partial charge >= 0.3 is 0 Å². The Hall–Kier alpha value is -1.14. The first-order chi connectivity index (χ1) is 11.9. The van der Waals surface area contributed by atoms with Crippen LogP contribution in [-0.4, -0.2) is 71.3 Å². The average molecular weight is 499 g/mol. The Morgan fingerprint density at radius 2 is 1.88 bits per heavy atom. The fraction of sp³-hybridized carbons (Fsp3) is 0.562. The topological polar surface area (TPSA) is 77.0 Å². The molecule has 26 heavy (non-hydrogen) atoms. The molecule has 1 aliphatic heterocycles. The average Bonchev–Trinajstić information content (AvgIpc) is 2.57. The molecule has 10 heteroatoms. The summed E-state index contributed by atoms with van der Waals surface area (Å²) in [7, 11) is -3.20. The van der Waals surface area contributed by atoms with Crippen molar-refractivity contribution in [2.24, 2.45) is 4.99 Å². The molecular formula is C16H27FIN5O2S. The van der Waals surface area contributed by atoms with Crippen LogP contribution in [0, 0.1) is 5.82 Å². The Morgan fingerprint density at radius 1 is 1.23 bits per heavy atom. The number of rotatable bonds is 6. The van der Waals surface area contributed by atoms with Gasteiger partial charge in [0.2, 0.25) is 10.0 Å². The number of hydrogen-bond acceptors (Lipinski definition) is 4. The Balaban J connectivity index is 0.00000338. The van der Waals surface area contributed by atoms with Crippen molar-refractivity contribution in [1.29, 1.82) is 0 Å². The molecule has 0 atom stereocenters. The largest absolute Gasteiger partial charge is 0.366 e. The lowest BCUT2D eigenvalue weighted by molar-refractivity contribution is 0.371. The summed E-state index contributed by atoms with van der Waals surface area (Å²) in [6.45, 7) is 6.19. The minimum atomic E-state index is -3.20. The summed E-state index contributed by atoms with van der Waals surface area (Å²) in [4.78, 5) is 8.61. The molecule has 0 amide bonds. The molecular weight excluding hydrogens is 472 g/mol. The van der Waals surface area contributed by atoms with E-state index in [0.717, 1.165) is 31.8 Å². The lowest BCUT2D eigenvalue weighted by atomic mass is 10.2. The maximum atomic E-state index is 13.9. The molecule has 0 unspecified atom stereocenters. The summed E-state index contributed by atoms with van der Waals surface area (Å²) in [6, 6.07) is 6.80. The van der Waals surface area contributed by atoms with Gasteiger partial charge in [0.25, 0.3) is 0 Å². The molecule has 148 valence electrons. The smallest absolute Gasteiger partial charge is 0.208 e. The summed E-state index contributed by atoms with van der Waals surface area (Å²) in [5, 5.41) is 3.22. The number of guanidine groups is 1. The van der Waals surface area contributed by atoms with Crippen LogP contribution in [0.1, 0.15) is 6.92 Å². The zero-order chi connectivity index (χ0) is 18.3. The predicted molar refractivity (Wildman–Crippen MR) is 114 cm³/mol. The standard InChI is InChI=1S/C16H26FN5O2S.HI/c1-3-18-16(19-8-9-20-25(2,23)24)22-12-10-21(11-13-22)15-7-5-4-6-14(15)17;/h4-7,20H,3,8-13H2,1-2H3,(H,18,19);1H. The number of aliphatic imine (C=N–C) groups is 1. The van der Waals surface area contributed by atoms with Gasteiger partial charge in [-0.15, -0.1) is 24.0 Å². The van der Waals surface area contributed by atoms with E-state index in [1.165, 1.54) is 6.07 Å². The third-order valence-corrected chi connectivity index (χ3v) is 4.57. The first-order valence-corrected chi connectivity index (χ1v) is 10.3. The number of nitrogens with one attached hydrogen (secondary N) is 2. The zero-order valence-electron chi connectivity index (χ0n) is 15.1. The van der Waals surface area contributed by atoms with Gasteiger partial charge in [-0.25, -0.2) is 17.5 Å². The van der Waals surface area contributed by atoms with Crippen LogP contribution < -0.4 is 14.9 Å². The highest BCUT2D eigenvalue weighted by atomic mass is 127. The molecule has 1 aromatic rings. The van der Waals surface area contributed by atoms with E-state index in [-0.39, 0.29) is 36.3 Å². The summed E-state index contributed by atoms with van der Waals surface area (Å²) in [5.74, 6) is 0.550. The molecule has 1 saturated heterocycles. The molecule has 1 fully saturated rings. The number of piperazine rings is 1. The van der Waals surface area contributed by atoms with Gasteiger partial charge in [-0.2, -0.15) is 0 Å². The van der Waals surface area contributed by atoms with E-state index in [4.69, 9.17) is 0 Å². The van der Waals surface area contributed by atoms with Gasteiger partial charge in [0, 0.05) is 39.3 Å². The highest BCUT2D eigenvalue weighted by Gasteiger charge is 2.21. The third-order valence-electron chi connectivity index (χ3n) is 3.84. The number of nitrogens with zero attached hydrogens (tertiary/aromatic N) is 3. The quantitative estimate of drug-likeness (QED) is 0.265. The van der Waals surface area contributed by atoms with E-state index in [1.54, 1.807) is 12.1 Å². The van der Waals surface area contributed by atoms with E-state index in [0.29, 0.717) is 25.3 Å². The van der Waals surface area contributed by atoms with Gasteiger partial charge in [0.1, 0.15) is 5.82 Å². The molecule has 0 saturated carbocycles. The van der Waals surface area contributed by atoms with Gasteiger partial charge in [-0.05, 0) is 19.1 Å². The minimum absolute atomic E-state index is 0. The van der Waals surface area contributed by atoms with Crippen LogP contribution in [0.15, 0.2) is 29.3 Å². The molecule has 0 spiro atoms. The first kappa shape index (κ1) is 22.9. The summed E-state index contributed by atoms with van der Waals surface area (Å²) in [6.07, 6.45) is 1.13. The van der Waals surface area contributed by atoms with Crippen molar-refractivity contribution in [2.75, 3.05) is 57.0 Å². The van der Waals surface area contributed by atoms with Gasteiger partial charge in [-0.3, -0.25) is 4.99 Å². The van der Waals surface area contributed by atoms with Crippen molar-refractivity contribution in [3.8, 4) is 0 Å². The molecule has 2 N–H and O–H groups in total. The number of halogens is 2. The number of hydrogen-bond donors (Lipinski definition) is 2. The second kappa shape index (κ2) is 10.9. The van der Waals surface area contributed by atoms with Crippen LogP contribution in [0.3, 0.4) is 0 Å². The van der Waals surface area contributed by atoms with E-state index in [2.05, 4.69) is 19.9 Å². The number of sulfonamides is 1. The molecule has 0 bridgehead atoms. The SMILES string of the molecule is CCNC(=NCCNS(C)(=O)=O)N1CCN(c2ccccc2F)CC1.I. The van der Waals surface area contributed by atoms with Crippen LogP contribution in [0.5, 0.6) is 0 Å². The summed E-state index contributed by atoms with van der Waals surface area (Å²) >= 11 is 0. The second-order valence-corrected chi connectivity index (χ2v) is 7.66. The Kier molecular flexibility index (Phi) is 9.58. The monoisotopic (exact) mass is 499 g/mol. The Bertz CT molecular complexity index is 694. The molecule has 1 heterocycles. The van der Waals surface area contributed by atoms with Gasteiger partial charge in [-0.1, -0.05) is 12.1 Å². The highest BCUT2D eigenvalue weighted by Crippen LogP contribution is 2.20. The summed E-state index contributed by atoms with van der Waals surface area (Å²) < 4.78 is 38.5. The molecule has 0 aliphatic carbocycles. The van der Waals surface area contributed by atoms with E-state index in [1.807, 2.05) is 17.9 Å². The second-order valence-electron chi connectivity index (χ2n) is 5.83. The molecule has 0 radical (unpaired) electrons. The highest BCUT2D eigenvalue weighted by molar-refractivity contribution is 14.0. The van der Waals surface area contributed by atoms with E-state index in [9.17, 15) is 12.8 Å². The van der Waals surface area contributed by atoms with E-state index >= 15 is 0 Å². The molecule has 1 aromatic carbocycles. The molecule has 2 rings (SSSR count). The van der Waals surface area contributed by atoms with Crippen LogP contribution in [0.25, 0.3) is 0 Å². The van der Waals surface area contributed by atoms with Crippen LogP contribution in [-0.2, 0) is 10.0 Å². The maximum absolute atomic E-state index is 13.9. The lowest BCUT2D eigenvalue weighted by Gasteiger charge is -2.37.